The number of rotatable bonds is 5. The highest BCUT2D eigenvalue weighted by atomic mass is 35.5. The van der Waals surface area contributed by atoms with Crippen LogP contribution in [0.3, 0.4) is 0 Å². The highest BCUT2D eigenvalue weighted by molar-refractivity contribution is 6.15. The van der Waals surface area contributed by atoms with E-state index in [9.17, 15) is 4.79 Å². The van der Waals surface area contributed by atoms with Gasteiger partial charge in [0.05, 0.1) is 25.5 Å². The molecule has 0 saturated carbocycles. The Morgan fingerprint density at radius 3 is 2.56 bits per heavy atom. The zero-order chi connectivity index (χ0) is 25.1. The molecule has 0 unspecified atom stereocenters. The van der Waals surface area contributed by atoms with Crippen LogP contribution in [0.1, 0.15) is 46.3 Å². The van der Waals surface area contributed by atoms with E-state index in [1.165, 1.54) is 5.56 Å². The third-order valence-corrected chi connectivity index (χ3v) is 6.65. The molecule has 1 saturated heterocycles. The van der Waals surface area contributed by atoms with Gasteiger partial charge in [-0.05, 0) is 56.8 Å². The number of guanidine groups is 1. The summed E-state index contributed by atoms with van der Waals surface area (Å²) in [5.41, 5.74) is 4.78. The molecule has 2 aromatic rings. The number of methoxy groups -OCH3 is 1. The SMILES string of the molecule is CCOc1cc2c(cc1OC)C(c1ccc(C(=O)NC(=NC)N(C)C)cc1)=N[C@H]1CCN(C)C[C@@H]21.Cl. The normalized spacial score (nSPS) is 19.3. The number of nitrogens with zero attached hydrogens (tertiary/aromatic N) is 4. The van der Waals surface area contributed by atoms with Crippen molar-refractivity contribution in [2.75, 3.05) is 55.0 Å². The molecule has 1 N–H and O–H groups in total. The second kappa shape index (κ2) is 11.8. The summed E-state index contributed by atoms with van der Waals surface area (Å²) < 4.78 is 11.6. The molecule has 0 spiro atoms. The molecule has 2 aliphatic rings. The maximum Gasteiger partial charge on any atom is 0.257 e. The Hall–Kier alpha value is -3.10. The van der Waals surface area contributed by atoms with Crippen molar-refractivity contribution >= 4 is 30.0 Å². The van der Waals surface area contributed by atoms with E-state index in [4.69, 9.17) is 14.5 Å². The highest BCUT2D eigenvalue weighted by Gasteiger charge is 2.36. The van der Waals surface area contributed by atoms with Gasteiger partial charge < -0.3 is 19.3 Å². The standard InChI is InChI=1S/C27H35N5O3.ClH/c1-7-35-24-14-19-20(15-23(24)34-6)25(29-22-12-13-32(5)16-21(19)22)17-8-10-18(11-9-17)26(33)30-27(28-2)31(3)4;/h8-11,14-15,21-22H,7,12-13,16H2,1-6H3,(H,28,30,33);1H/t21-,22-;/m0./s1. The van der Waals surface area contributed by atoms with Gasteiger partial charge in [-0.1, -0.05) is 12.1 Å². The molecule has 2 atom stereocenters. The summed E-state index contributed by atoms with van der Waals surface area (Å²) in [5.74, 6) is 2.08. The molecular formula is C27H36ClN5O3. The molecule has 2 heterocycles. The lowest BCUT2D eigenvalue weighted by molar-refractivity contribution is 0.0973. The molecule has 0 aliphatic carbocycles. The molecule has 2 aliphatic heterocycles. The van der Waals surface area contributed by atoms with Gasteiger partial charge in [0.15, 0.2) is 17.5 Å². The van der Waals surface area contributed by atoms with Crippen molar-refractivity contribution in [3.05, 3.63) is 58.7 Å². The number of aliphatic imine (C=N–C) groups is 2. The van der Waals surface area contributed by atoms with Gasteiger partial charge in [-0.3, -0.25) is 20.1 Å². The van der Waals surface area contributed by atoms with E-state index in [-0.39, 0.29) is 24.4 Å². The Kier molecular flexibility index (Phi) is 8.98. The summed E-state index contributed by atoms with van der Waals surface area (Å²) >= 11 is 0. The molecule has 194 valence electrons. The van der Waals surface area contributed by atoms with Crippen molar-refractivity contribution in [3.63, 3.8) is 0 Å². The summed E-state index contributed by atoms with van der Waals surface area (Å²) in [7, 11) is 9.16. The van der Waals surface area contributed by atoms with E-state index in [0.29, 0.717) is 29.8 Å². The Labute approximate surface area is 219 Å². The minimum atomic E-state index is -0.199. The summed E-state index contributed by atoms with van der Waals surface area (Å²) in [4.78, 5) is 26.2. The van der Waals surface area contributed by atoms with E-state index in [2.05, 4.69) is 28.3 Å². The smallest absolute Gasteiger partial charge is 0.257 e. The number of likely N-dealkylation sites (N-methyl/N-ethyl adjacent to an activating group) is 1. The quantitative estimate of drug-likeness (QED) is 0.489. The molecule has 0 aromatic heterocycles. The third-order valence-electron chi connectivity index (χ3n) is 6.65. The highest BCUT2D eigenvalue weighted by Crippen LogP contribution is 2.42. The van der Waals surface area contributed by atoms with Gasteiger partial charge in [0.25, 0.3) is 5.91 Å². The van der Waals surface area contributed by atoms with Crippen LogP contribution in [0.15, 0.2) is 46.4 Å². The fraction of sp³-hybridized carbons (Fsp3) is 0.444. The number of halogens is 1. The van der Waals surface area contributed by atoms with Crippen molar-refractivity contribution < 1.29 is 14.3 Å². The number of likely N-dealkylation sites (tertiary alicyclic amines) is 1. The molecule has 9 heteroatoms. The van der Waals surface area contributed by atoms with E-state index in [1.54, 1.807) is 19.1 Å². The number of hydrogen-bond acceptors (Lipinski definition) is 6. The molecule has 4 rings (SSSR count). The van der Waals surface area contributed by atoms with Crippen molar-refractivity contribution in [3.8, 4) is 11.5 Å². The topological polar surface area (TPSA) is 78.8 Å². The number of ether oxygens (including phenoxy) is 2. The summed E-state index contributed by atoms with van der Waals surface area (Å²) in [6, 6.07) is 12.0. The van der Waals surface area contributed by atoms with Crippen LogP contribution in [0, 0.1) is 0 Å². The predicted molar refractivity (Wildman–Crippen MR) is 147 cm³/mol. The number of amides is 1. The minimum absolute atomic E-state index is 0. The second-order valence-corrected chi connectivity index (χ2v) is 9.20. The van der Waals surface area contributed by atoms with E-state index in [0.717, 1.165) is 42.1 Å². The maximum absolute atomic E-state index is 12.7. The van der Waals surface area contributed by atoms with Crippen molar-refractivity contribution in [1.29, 1.82) is 0 Å². The summed E-state index contributed by atoms with van der Waals surface area (Å²) in [5, 5.41) is 2.84. The van der Waals surface area contributed by atoms with Gasteiger partial charge in [0, 0.05) is 50.3 Å². The Balaban J connectivity index is 0.00000361. The minimum Gasteiger partial charge on any atom is -0.493 e. The average Bonchev–Trinajstić information content (AvgIpc) is 2.86. The number of nitrogens with one attached hydrogen (secondary N) is 1. The molecule has 0 radical (unpaired) electrons. The molecular weight excluding hydrogens is 478 g/mol. The number of carbonyl (C=O) groups is 1. The Bertz CT molecular complexity index is 1150. The predicted octanol–water partition coefficient (Wildman–Crippen LogP) is 3.43. The second-order valence-electron chi connectivity index (χ2n) is 9.20. The van der Waals surface area contributed by atoms with Gasteiger partial charge in [-0.15, -0.1) is 12.4 Å². The first-order valence-corrected chi connectivity index (χ1v) is 12.0. The van der Waals surface area contributed by atoms with Crippen molar-refractivity contribution in [1.82, 2.24) is 15.1 Å². The zero-order valence-electron chi connectivity index (χ0n) is 21.9. The van der Waals surface area contributed by atoms with Crippen LogP contribution in [-0.2, 0) is 0 Å². The fourth-order valence-electron chi connectivity index (χ4n) is 4.86. The first-order valence-electron chi connectivity index (χ1n) is 12.0. The van der Waals surface area contributed by atoms with Crippen LogP contribution < -0.4 is 14.8 Å². The zero-order valence-corrected chi connectivity index (χ0v) is 22.7. The van der Waals surface area contributed by atoms with Crippen LogP contribution in [0.5, 0.6) is 11.5 Å². The number of piperidine rings is 1. The Morgan fingerprint density at radius 2 is 1.94 bits per heavy atom. The molecule has 2 aromatic carbocycles. The van der Waals surface area contributed by atoms with E-state index < -0.39 is 0 Å². The maximum atomic E-state index is 12.7. The summed E-state index contributed by atoms with van der Waals surface area (Å²) in [6.45, 7) is 4.53. The first-order chi connectivity index (χ1) is 16.9. The van der Waals surface area contributed by atoms with Gasteiger partial charge in [-0.2, -0.15) is 0 Å². The molecule has 8 nitrogen and oxygen atoms in total. The number of benzene rings is 2. The lowest BCUT2D eigenvalue weighted by Gasteiger charge is -2.39. The Morgan fingerprint density at radius 1 is 1.22 bits per heavy atom. The monoisotopic (exact) mass is 513 g/mol. The van der Waals surface area contributed by atoms with Gasteiger partial charge in [-0.25, -0.2) is 0 Å². The van der Waals surface area contributed by atoms with Crippen LogP contribution in [0.4, 0.5) is 0 Å². The van der Waals surface area contributed by atoms with Gasteiger partial charge in [0.1, 0.15) is 0 Å². The average molecular weight is 514 g/mol. The van der Waals surface area contributed by atoms with Crippen LogP contribution in [-0.4, -0.2) is 88.4 Å². The van der Waals surface area contributed by atoms with Gasteiger partial charge >= 0.3 is 0 Å². The molecule has 1 amide bonds. The third kappa shape index (κ3) is 5.50. The van der Waals surface area contributed by atoms with Gasteiger partial charge in [0.2, 0.25) is 0 Å². The molecule has 1 fully saturated rings. The fourth-order valence-corrected chi connectivity index (χ4v) is 4.86. The molecule has 36 heavy (non-hydrogen) atoms. The van der Waals surface area contributed by atoms with E-state index in [1.807, 2.05) is 51.4 Å². The number of carbonyl (C=O) groups excluding carboxylic acids is 1. The number of hydrogen-bond donors (Lipinski definition) is 1. The van der Waals surface area contributed by atoms with E-state index >= 15 is 0 Å². The van der Waals surface area contributed by atoms with Crippen LogP contribution in [0.2, 0.25) is 0 Å². The van der Waals surface area contributed by atoms with Crippen molar-refractivity contribution in [2.24, 2.45) is 9.98 Å². The number of fused-ring (bicyclic) bond motifs is 3. The first kappa shape index (κ1) is 27.5. The van der Waals surface area contributed by atoms with Crippen LogP contribution >= 0.6 is 12.4 Å². The summed E-state index contributed by atoms with van der Waals surface area (Å²) in [6.07, 6.45) is 1.00. The lowest BCUT2D eigenvalue weighted by atomic mass is 9.79. The van der Waals surface area contributed by atoms with Crippen molar-refractivity contribution in [2.45, 2.75) is 25.3 Å². The lowest BCUT2D eigenvalue weighted by Crippen LogP contribution is -2.42. The van der Waals surface area contributed by atoms with Crippen LogP contribution in [0.25, 0.3) is 0 Å². The molecule has 0 bridgehead atoms. The largest absolute Gasteiger partial charge is 0.493 e.